The summed E-state index contributed by atoms with van der Waals surface area (Å²) >= 11 is 0. The van der Waals surface area contributed by atoms with Crippen molar-refractivity contribution >= 4 is 23.5 Å². The first-order valence-corrected chi connectivity index (χ1v) is 7.07. The van der Waals surface area contributed by atoms with Crippen molar-refractivity contribution in [1.29, 1.82) is 0 Å². The molecule has 1 amide bonds. The summed E-state index contributed by atoms with van der Waals surface area (Å²) in [6.07, 6.45) is -0.653. The smallest absolute Gasteiger partial charge is 0.412 e. The predicted molar refractivity (Wildman–Crippen MR) is 83.8 cm³/mol. The Bertz CT molecular complexity index is 603. The van der Waals surface area contributed by atoms with Gasteiger partial charge in [-0.25, -0.2) is 9.59 Å². The fraction of sp³-hybridized carbons (Fsp3) is 0.438. The van der Waals surface area contributed by atoms with Gasteiger partial charge in [0.1, 0.15) is 11.4 Å². The molecule has 0 unspecified atom stereocenters. The molecule has 1 N–H and O–H groups in total. The molecule has 0 atom stereocenters. The summed E-state index contributed by atoms with van der Waals surface area (Å²) in [6.45, 7) is 6.94. The van der Waals surface area contributed by atoms with Crippen LogP contribution in [0.4, 0.5) is 10.5 Å². The van der Waals surface area contributed by atoms with Crippen molar-refractivity contribution in [2.45, 2.75) is 33.3 Å². The zero-order valence-electron chi connectivity index (χ0n) is 13.9. The van der Waals surface area contributed by atoms with E-state index in [0.29, 0.717) is 5.69 Å². The van der Waals surface area contributed by atoms with Crippen LogP contribution in [-0.4, -0.2) is 37.2 Å². The van der Waals surface area contributed by atoms with Crippen LogP contribution in [0.2, 0.25) is 0 Å². The van der Waals surface area contributed by atoms with E-state index >= 15 is 0 Å². The number of carbonyl (C=O) groups is 3. The van der Waals surface area contributed by atoms with Crippen molar-refractivity contribution in [3.8, 4) is 5.75 Å². The summed E-state index contributed by atoms with van der Waals surface area (Å²) in [4.78, 5) is 35.1. The lowest BCUT2D eigenvalue weighted by molar-refractivity contribution is -0.137. The Labute approximate surface area is 134 Å². The molecule has 0 fully saturated rings. The third-order valence-electron chi connectivity index (χ3n) is 2.56. The number of rotatable bonds is 5. The van der Waals surface area contributed by atoms with E-state index < -0.39 is 23.4 Å². The van der Waals surface area contributed by atoms with E-state index in [4.69, 9.17) is 9.47 Å². The highest BCUT2D eigenvalue weighted by Gasteiger charge is 2.21. The van der Waals surface area contributed by atoms with Crippen molar-refractivity contribution in [1.82, 2.24) is 0 Å². The van der Waals surface area contributed by atoms with Crippen LogP contribution in [0.25, 0.3) is 0 Å². The van der Waals surface area contributed by atoms with Gasteiger partial charge < -0.3 is 14.2 Å². The van der Waals surface area contributed by atoms with Gasteiger partial charge in [0.15, 0.2) is 0 Å². The first-order valence-electron chi connectivity index (χ1n) is 7.07. The first kappa shape index (κ1) is 18.5. The summed E-state index contributed by atoms with van der Waals surface area (Å²) in [5, 5.41) is 2.52. The summed E-state index contributed by atoms with van der Waals surface area (Å²) in [5.41, 5.74) is -0.214. The molecule has 0 heterocycles. The largest absolute Gasteiger partial charge is 0.495 e. The Morgan fingerprint density at radius 2 is 1.83 bits per heavy atom. The predicted octanol–water partition coefficient (Wildman–Crippen LogP) is 2.79. The molecular formula is C16H21NO6. The van der Waals surface area contributed by atoms with Crippen LogP contribution in [0.1, 0.15) is 38.1 Å². The van der Waals surface area contributed by atoms with Gasteiger partial charge in [-0.15, -0.1) is 0 Å². The molecule has 1 rings (SSSR count). The fourth-order valence-electron chi connectivity index (χ4n) is 1.66. The van der Waals surface area contributed by atoms with Crippen LogP contribution in [-0.2, 0) is 14.3 Å². The van der Waals surface area contributed by atoms with Crippen LogP contribution < -0.4 is 10.1 Å². The maximum atomic E-state index is 11.9. The number of methoxy groups -OCH3 is 1. The molecule has 0 radical (unpaired) electrons. The van der Waals surface area contributed by atoms with Gasteiger partial charge in [-0.3, -0.25) is 10.1 Å². The number of anilines is 1. The van der Waals surface area contributed by atoms with Gasteiger partial charge in [0.2, 0.25) is 0 Å². The number of ether oxygens (including phenoxy) is 3. The second kappa shape index (κ2) is 7.62. The average Bonchev–Trinajstić information content (AvgIpc) is 2.45. The molecule has 1 aromatic rings. The van der Waals surface area contributed by atoms with E-state index in [1.807, 2.05) is 0 Å². The summed E-state index contributed by atoms with van der Waals surface area (Å²) in [7, 11) is 1.38. The van der Waals surface area contributed by atoms with Crippen LogP contribution in [0, 0.1) is 0 Å². The van der Waals surface area contributed by atoms with E-state index in [1.165, 1.54) is 25.3 Å². The van der Waals surface area contributed by atoms with Crippen molar-refractivity contribution in [2.24, 2.45) is 0 Å². The van der Waals surface area contributed by atoms with Gasteiger partial charge in [-0.1, -0.05) is 0 Å². The molecular weight excluding hydrogens is 302 g/mol. The number of carbonyl (C=O) groups excluding carboxylic acids is 3. The van der Waals surface area contributed by atoms with Gasteiger partial charge in [-0.05, 0) is 45.9 Å². The lowest BCUT2D eigenvalue weighted by Gasteiger charge is -2.20. The molecule has 23 heavy (non-hydrogen) atoms. The minimum Gasteiger partial charge on any atom is -0.495 e. The zero-order valence-corrected chi connectivity index (χ0v) is 13.9. The molecule has 1 aromatic carbocycles. The Hall–Kier alpha value is -2.57. The van der Waals surface area contributed by atoms with Crippen molar-refractivity contribution < 1.29 is 28.6 Å². The minimum absolute atomic E-state index is 0.107. The molecule has 7 heteroatoms. The monoisotopic (exact) mass is 323 g/mol. The Balaban J connectivity index is 2.94. The lowest BCUT2D eigenvalue weighted by Crippen LogP contribution is -2.27. The normalized spacial score (nSPS) is 10.7. The highest BCUT2D eigenvalue weighted by molar-refractivity contribution is 6.40. The number of ketones is 1. The third-order valence-corrected chi connectivity index (χ3v) is 2.56. The highest BCUT2D eigenvalue weighted by Crippen LogP contribution is 2.26. The van der Waals surface area contributed by atoms with Crippen LogP contribution >= 0.6 is 0 Å². The molecule has 0 aliphatic rings. The molecule has 0 aliphatic carbocycles. The Morgan fingerprint density at radius 1 is 1.17 bits per heavy atom. The van der Waals surface area contributed by atoms with Gasteiger partial charge in [0.05, 0.1) is 19.4 Å². The van der Waals surface area contributed by atoms with E-state index in [9.17, 15) is 14.4 Å². The molecule has 126 valence electrons. The zero-order chi connectivity index (χ0) is 17.6. The highest BCUT2D eigenvalue weighted by atomic mass is 16.6. The maximum absolute atomic E-state index is 11.9. The number of Topliss-reactive ketones (excluding diaryl/α,β-unsaturated/α-hetero) is 1. The third kappa shape index (κ3) is 5.61. The van der Waals surface area contributed by atoms with Crippen molar-refractivity contribution in [3.63, 3.8) is 0 Å². The van der Waals surface area contributed by atoms with Gasteiger partial charge in [0, 0.05) is 5.56 Å². The first-order chi connectivity index (χ1) is 10.7. The van der Waals surface area contributed by atoms with E-state index in [-0.39, 0.29) is 17.9 Å². The maximum Gasteiger partial charge on any atom is 0.412 e. The van der Waals surface area contributed by atoms with Gasteiger partial charge in [-0.2, -0.15) is 0 Å². The lowest BCUT2D eigenvalue weighted by atomic mass is 10.1. The van der Waals surface area contributed by atoms with Crippen molar-refractivity contribution in [2.75, 3.05) is 19.0 Å². The molecule has 0 aromatic heterocycles. The fourth-order valence-corrected chi connectivity index (χ4v) is 1.66. The second-order valence-electron chi connectivity index (χ2n) is 5.59. The summed E-state index contributed by atoms with van der Waals surface area (Å²) < 4.78 is 14.9. The summed E-state index contributed by atoms with van der Waals surface area (Å²) in [5.74, 6) is -1.50. The SMILES string of the molecule is CCOC(=O)C(=O)c1ccc(NC(=O)OC(C)(C)C)c(OC)c1. The molecule has 0 aliphatic heterocycles. The Kier molecular flexibility index (Phi) is 6.12. The molecule has 0 saturated carbocycles. The van der Waals surface area contributed by atoms with Crippen LogP contribution in [0.3, 0.4) is 0 Å². The average molecular weight is 323 g/mol. The van der Waals surface area contributed by atoms with E-state index in [1.54, 1.807) is 27.7 Å². The number of nitrogens with one attached hydrogen (secondary N) is 1. The molecule has 0 bridgehead atoms. The topological polar surface area (TPSA) is 90.9 Å². The number of hydrogen-bond acceptors (Lipinski definition) is 6. The number of esters is 1. The van der Waals surface area contributed by atoms with E-state index in [0.717, 1.165) is 0 Å². The number of amides is 1. The summed E-state index contributed by atoms with van der Waals surface area (Å²) in [6, 6.07) is 4.20. The van der Waals surface area contributed by atoms with Crippen LogP contribution in [0.5, 0.6) is 5.75 Å². The van der Waals surface area contributed by atoms with Gasteiger partial charge >= 0.3 is 12.1 Å². The second-order valence-corrected chi connectivity index (χ2v) is 5.59. The van der Waals surface area contributed by atoms with Gasteiger partial charge in [0.25, 0.3) is 5.78 Å². The molecule has 0 spiro atoms. The van der Waals surface area contributed by atoms with E-state index in [2.05, 4.69) is 10.1 Å². The number of benzene rings is 1. The van der Waals surface area contributed by atoms with Crippen molar-refractivity contribution in [3.05, 3.63) is 23.8 Å². The Morgan fingerprint density at radius 3 is 2.35 bits per heavy atom. The molecule has 0 saturated heterocycles. The standard InChI is InChI=1S/C16H21NO6/c1-6-22-14(19)13(18)10-7-8-11(12(9-10)21-5)17-15(20)23-16(2,3)4/h7-9H,6H2,1-5H3,(H,17,20). The van der Waals surface area contributed by atoms with Crippen LogP contribution in [0.15, 0.2) is 18.2 Å². The minimum atomic E-state index is -0.942. The number of hydrogen-bond donors (Lipinski definition) is 1. The molecule has 7 nitrogen and oxygen atoms in total. The quantitative estimate of drug-likeness (QED) is 0.509.